The molecule has 3 heterocycles. The minimum atomic E-state index is -0.450. The largest absolute Gasteiger partial charge is 0.465 e. The van der Waals surface area contributed by atoms with Gasteiger partial charge in [-0.1, -0.05) is 5.16 Å². The molecule has 0 aliphatic carbocycles. The van der Waals surface area contributed by atoms with Crippen molar-refractivity contribution in [3.8, 4) is 11.3 Å². The standard InChI is InChI=1S/C13H12N4O3/c1-7-11-9(13(18)19-3)4-10(15-12(11)20-16-7)8-5-14-17(2)6-8/h4-6H,1-3H3. The summed E-state index contributed by atoms with van der Waals surface area (Å²) in [7, 11) is 3.14. The first kappa shape index (κ1) is 12.3. The Morgan fingerprint density at radius 3 is 2.90 bits per heavy atom. The van der Waals surface area contributed by atoms with Crippen LogP contribution >= 0.6 is 0 Å². The molecule has 0 atom stereocenters. The van der Waals surface area contributed by atoms with Crippen LogP contribution in [0.1, 0.15) is 16.1 Å². The molecular weight excluding hydrogens is 260 g/mol. The zero-order chi connectivity index (χ0) is 14.3. The van der Waals surface area contributed by atoms with E-state index in [1.54, 1.807) is 30.1 Å². The first-order valence-electron chi connectivity index (χ1n) is 5.94. The Kier molecular flexibility index (Phi) is 2.74. The van der Waals surface area contributed by atoms with Gasteiger partial charge in [-0.15, -0.1) is 0 Å². The summed E-state index contributed by atoms with van der Waals surface area (Å²) in [5, 5.41) is 8.51. The van der Waals surface area contributed by atoms with Crippen molar-refractivity contribution in [1.29, 1.82) is 0 Å². The van der Waals surface area contributed by atoms with E-state index in [1.807, 2.05) is 7.05 Å². The number of pyridine rings is 1. The molecule has 0 N–H and O–H groups in total. The Morgan fingerprint density at radius 2 is 2.25 bits per heavy atom. The van der Waals surface area contributed by atoms with Crippen LogP contribution < -0.4 is 0 Å². The lowest BCUT2D eigenvalue weighted by Gasteiger charge is -2.03. The van der Waals surface area contributed by atoms with Crippen molar-refractivity contribution in [3.63, 3.8) is 0 Å². The van der Waals surface area contributed by atoms with E-state index in [-0.39, 0.29) is 0 Å². The van der Waals surface area contributed by atoms with Crippen molar-refractivity contribution in [1.82, 2.24) is 19.9 Å². The van der Waals surface area contributed by atoms with Crippen molar-refractivity contribution in [2.45, 2.75) is 6.92 Å². The molecule has 0 radical (unpaired) electrons. The molecule has 0 aliphatic rings. The van der Waals surface area contributed by atoms with Gasteiger partial charge in [-0.25, -0.2) is 9.78 Å². The van der Waals surface area contributed by atoms with Crippen LogP contribution in [-0.4, -0.2) is 33.0 Å². The number of esters is 1. The molecule has 0 spiro atoms. The molecule has 20 heavy (non-hydrogen) atoms. The first-order chi connectivity index (χ1) is 9.60. The molecule has 0 fully saturated rings. The summed E-state index contributed by atoms with van der Waals surface area (Å²) in [6.07, 6.45) is 3.47. The monoisotopic (exact) mass is 272 g/mol. The summed E-state index contributed by atoms with van der Waals surface area (Å²) in [6.45, 7) is 1.75. The highest BCUT2D eigenvalue weighted by atomic mass is 16.5. The van der Waals surface area contributed by atoms with E-state index >= 15 is 0 Å². The van der Waals surface area contributed by atoms with Gasteiger partial charge in [0, 0.05) is 18.8 Å². The van der Waals surface area contributed by atoms with Crippen molar-refractivity contribution in [3.05, 3.63) is 29.7 Å². The summed E-state index contributed by atoms with van der Waals surface area (Å²) in [5.41, 5.74) is 2.67. The number of methoxy groups -OCH3 is 1. The maximum Gasteiger partial charge on any atom is 0.338 e. The zero-order valence-corrected chi connectivity index (χ0v) is 11.2. The molecule has 7 heteroatoms. The van der Waals surface area contributed by atoms with Crippen LogP contribution in [0, 0.1) is 6.92 Å². The summed E-state index contributed by atoms with van der Waals surface area (Å²) in [5.74, 6) is -0.450. The van der Waals surface area contributed by atoms with Crippen LogP contribution in [0.25, 0.3) is 22.4 Å². The van der Waals surface area contributed by atoms with E-state index in [0.717, 1.165) is 5.56 Å². The summed E-state index contributed by atoms with van der Waals surface area (Å²) < 4.78 is 11.6. The number of hydrogen-bond acceptors (Lipinski definition) is 6. The third-order valence-corrected chi connectivity index (χ3v) is 3.02. The predicted octanol–water partition coefficient (Wildman–Crippen LogP) is 1.72. The highest BCUT2D eigenvalue weighted by Gasteiger charge is 2.20. The van der Waals surface area contributed by atoms with Crippen LogP contribution in [0.15, 0.2) is 23.0 Å². The average Bonchev–Trinajstić information content (AvgIpc) is 3.04. The van der Waals surface area contributed by atoms with E-state index in [0.29, 0.717) is 28.1 Å². The summed E-state index contributed by atoms with van der Waals surface area (Å²) in [4.78, 5) is 16.3. The number of ether oxygens (including phenoxy) is 1. The van der Waals surface area contributed by atoms with Gasteiger partial charge < -0.3 is 9.26 Å². The van der Waals surface area contributed by atoms with Crippen LogP contribution in [-0.2, 0) is 11.8 Å². The molecule has 3 aromatic rings. The highest BCUT2D eigenvalue weighted by molar-refractivity contribution is 6.04. The van der Waals surface area contributed by atoms with Crippen LogP contribution in [0.2, 0.25) is 0 Å². The van der Waals surface area contributed by atoms with Gasteiger partial charge in [0.05, 0.1) is 35.6 Å². The molecular formula is C13H12N4O3. The first-order valence-corrected chi connectivity index (χ1v) is 5.94. The molecule has 0 aromatic carbocycles. The van der Waals surface area contributed by atoms with Gasteiger partial charge in [-0.05, 0) is 13.0 Å². The van der Waals surface area contributed by atoms with Gasteiger partial charge >= 0.3 is 5.97 Å². The van der Waals surface area contributed by atoms with Gasteiger partial charge in [-0.2, -0.15) is 5.10 Å². The fourth-order valence-corrected chi connectivity index (χ4v) is 2.07. The Morgan fingerprint density at radius 1 is 1.45 bits per heavy atom. The second-order valence-electron chi connectivity index (χ2n) is 4.40. The normalized spacial score (nSPS) is 10.9. The van der Waals surface area contributed by atoms with Crippen molar-refractivity contribution in [2.75, 3.05) is 7.11 Å². The second-order valence-corrected chi connectivity index (χ2v) is 4.40. The molecule has 0 saturated carbocycles. The maximum atomic E-state index is 11.9. The number of carbonyl (C=O) groups excluding carboxylic acids is 1. The smallest absolute Gasteiger partial charge is 0.338 e. The molecule has 0 bridgehead atoms. The lowest BCUT2D eigenvalue weighted by atomic mass is 10.1. The topological polar surface area (TPSA) is 83.0 Å². The van der Waals surface area contributed by atoms with Crippen LogP contribution in [0.3, 0.4) is 0 Å². The van der Waals surface area contributed by atoms with Gasteiger partial charge in [0.25, 0.3) is 5.71 Å². The molecule has 0 saturated heterocycles. The van der Waals surface area contributed by atoms with E-state index in [2.05, 4.69) is 15.2 Å². The predicted molar refractivity (Wildman–Crippen MR) is 70.1 cm³/mol. The minimum Gasteiger partial charge on any atom is -0.465 e. The van der Waals surface area contributed by atoms with Crippen LogP contribution in [0.5, 0.6) is 0 Å². The Labute approximate surface area is 114 Å². The van der Waals surface area contributed by atoms with E-state index < -0.39 is 5.97 Å². The lowest BCUT2D eigenvalue weighted by Crippen LogP contribution is -2.03. The Balaban J connectivity index is 2.28. The van der Waals surface area contributed by atoms with E-state index in [1.165, 1.54) is 7.11 Å². The fourth-order valence-electron chi connectivity index (χ4n) is 2.07. The fraction of sp³-hybridized carbons (Fsp3) is 0.231. The average molecular weight is 272 g/mol. The number of hydrogen-bond donors (Lipinski definition) is 0. The Hall–Kier alpha value is -2.70. The van der Waals surface area contributed by atoms with Crippen LogP contribution in [0.4, 0.5) is 0 Å². The molecule has 0 unspecified atom stereocenters. The molecule has 3 aromatic heterocycles. The molecule has 102 valence electrons. The summed E-state index contributed by atoms with van der Waals surface area (Å²) in [6, 6.07) is 1.66. The number of fused-ring (bicyclic) bond motifs is 1. The van der Waals surface area contributed by atoms with Gasteiger partial charge in [0.1, 0.15) is 0 Å². The molecule has 0 amide bonds. The lowest BCUT2D eigenvalue weighted by molar-refractivity contribution is 0.0603. The number of rotatable bonds is 2. The third-order valence-electron chi connectivity index (χ3n) is 3.02. The van der Waals surface area contributed by atoms with Gasteiger partial charge in [-0.3, -0.25) is 4.68 Å². The summed E-state index contributed by atoms with van der Waals surface area (Å²) >= 11 is 0. The number of aromatic nitrogens is 4. The molecule has 7 nitrogen and oxygen atoms in total. The maximum absolute atomic E-state index is 11.9. The van der Waals surface area contributed by atoms with Crippen molar-refractivity contribution in [2.24, 2.45) is 7.05 Å². The minimum absolute atomic E-state index is 0.309. The number of carbonyl (C=O) groups is 1. The SMILES string of the molecule is COC(=O)c1cc(-c2cnn(C)c2)nc2onc(C)c12. The molecule has 3 rings (SSSR count). The Bertz CT molecular complexity index is 803. The zero-order valence-electron chi connectivity index (χ0n) is 11.2. The highest BCUT2D eigenvalue weighted by Crippen LogP contribution is 2.27. The number of nitrogens with zero attached hydrogens (tertiary/aromatic N) is 4. The van der Waals surface area contributed by atoms with Gasteiger partial charge in [0.2, 0.25) is 0 Å². The molecule has 0 aliphatic heterocycles. The van der Waals surface area contributed by atoms with Crippen molar-refractivity contribution >= 4 is 17.1 Å². The van der Waals surface area contributed by atoms with E-state index in [9.17, 15) is 4.79 Å². The third kappa shape index (κ3) is 1.83. The quantitative estimate of drug-likeness (QED) is 0.660. The van der Waals surface area contributed by atoms with E-state index in [4.69, 9.17) is 9.26 Å². The number of aryl methyl sites for hydroxylation is 2. The van der Waals surface area contributed by atoms with Gasteiger partial charge in [0.15, 0.2) is 0 Å². The second kappa shape index (κ2) is 4.44. The van der Waals surface area contributed by atoms with Crippen molar-refractivity contribution < 1.29 is 14.1 Å².